The second-order valence-corrected chi connectivity index (χ2v) is 5.49. The largest absolute Gasteiger partial charge is 0.496 e. The molecule has 2 nitrogen and oxygen atoms in total. The average molecular weight is 282 g/mol. The Morgan fingerprint density at radius 2 is 1.71 bits per heavy atom. The second kappa shape index (κ2) is 6.57. The van der Waals surface area contributed by atoms with Gasteiger partial charge < -0.3 is 4.74 Å². The van der Waals surface area contributed by atoms with Crippen LogP contribution < -0.4 is 4.74 Å². The molecule has 0 aliphatic carbocycles. The highest BCUT2D eigenvalue weighted by Gasteiger charge is 2.12. The van der Waals surface area contributed by atoms with Gasteiger partial charge in [0.25, 0.3) is 0 Å². The predicted molar refractivity (Wildman–Crippen MR) is 86.3 cm³/mol. The summed E-state index contributed by atoms with van der Waals surface area (Å²) in [5.41, 5.74) is 5.28. The Hall–Kier alpha value is -2.09. The number of aryl methyl sites for hydroxylation is 4. The maximum atomic E-state index is 12.5. The number of carbonyl (C=O) groups is 1. The minimum Gasteiger partial charge on any atom is -0.496 e. The van der Waals surface area contributed by atoms with Crippen molar-refractivity contribution < 1.29 is 9.53 Å². The molecule has 0 fully saturated rings. The number of hydrogen-bond acceptors (Lipinski definition) is 2. The van der Waals surface area contributed by atoms with Crippen molar-refractivity contribution in [2.24, 2.45) is 0 Å². The molecule has 2 aromatic carbocycles. The number of ether oxygens (including phenoxy) is 1. The fourth-order valence-electron chi connectivity index (χ4n) is 2.58. The predicted octanol–water partition coefficient (Wildman–Crippen LogP) is 4.44. The van der Waals surface area contributed by atoms with E-state index in [1.807, 2.05) is 38.1 Å². The zero-order valence-corrected chi connectivity index (χ0v) is 13.2. The first-order chi connectivity index (χ1) is 10.0. The summed E-state index contributed by atoms with van der Waals surface area (Å²) in [6.45, 7) is 6.02. The lowest BCUT2D eigenvalue weighted by molar-refractivity contribution is 0.0982. The van der Waals surface area contributed by atoms with Crippen LogP contribution in [0.4, 0.5) is 0 Å². The molecule has 0 spiro atoms. The molecule has 2 heteroatoms. The van der Waals surface area contributed by atoms with E-state index in [2.05, 4.69) is 19.1 Å². The van der Waals surface area contributed by atoms with Crippen LogP contribution in [0.25, 0.3) is 0 Å². The van der Waals surface area contributed by atoms with Gasteiger partial charge in [-0.15, -0.1) is 0 Å². The number of Topliss-reactive ketones (excluding diaryl/α,β-unsaturated/α-hetero) is 1. The lowest BCUT2D eigenvalue weighted by atomic mass is 9.96. The van der Waals surface area contributed by atoms with Crippen LogP contribution >= 0.6 is 0 Å². The van der Waals surface area contributed by atoms with Gasteiger partial charge in [0.15, 0.2) is 5.78 Å². The van der Waals surface area contributed by atoms with Crippen LogP contribution in [0.3, 0.4) is 0 Å². The fourth-order valence-corrected chi connectivity index (χ4v) is 2.58. The van der Waals surface area contributed by atoms with Gasteiger partial charge in [-0.1, -0.05) is 24.3 Å². The first kappa shape index (κ1) is 15.3. The number of rotatable bonds is 5. The standard InChI is InChI=1S/C19H22O2/c1-13-7-5-6-8-16(13)9-10-18(20)17-11-15(3)19(21-4)12-14(17)2/h5-8,11-12H,9-10H2,1-4H3. The summed E-state index contributed by atoms with van der Waals surface area (Å²) >= 11 is 0. The number of ketones is 1. The Bertz CT molecular complexity index is 657. The molecule has 0 bridgehead atoms. The van der Waals surface area contributed by atoms with Crippen molar-refractivity contribution in [2.45, 2.75) is 33.6 Å². The summed E-state index contributed by atoms with van der Waals surface area (Å²) in [6.07, 6.45) is 1.33. The van der Waals surface area contributed by atoms with Gasteiger partial charge in [-0.05, 0) is 61.6 Å². The van der Waals surface area contributed by atoms with Crippen LogP contribution in [-0.4, -0.2) is 12.9 Å². The maximum absolute atomic E-state index is 12.5. The normalized spacial score (nSPS) is 10.5. The van der Waals surface area contributed by atoms with Gasteiger partial charge in [0.05, 0.1) is 7.11 Å². The van der Waals surface area contributed by atoms with E-state index in [1.165, 1.54) is 11.1 Å². The highest BCUT2D eigenvalue weighted by atomic mass is 16.5. The summed E-state index contributed by atoms with van der Waals surface area (Å²) in [6, 6.07) is 12.1. The molecule has 0 radical (unpaired) electrons. The molecule has 0 amide bonds. The van der Waals surface area contributed by atoms with E-state index in [0.717, 1.165) is 28.9 Å². The molecule has 2 aromatic rings. The van der Waals surface area contributed by atoms with E-state index < -0.39 is 0 Å². The SMILES string of the molecule is COc1cc(C)c(C(=O)CCc2ccccc2C)cc1C. The van der Waals surface area contributed by atoms with Crippen LogP contribution in [0.15, 0.2) is 36.4 Å². The number of methoxy groups -OCH3 is 1. The van der Waals surface area contributed by atoms with Gasteiger partial charge in [-0.3, -0.25) is 4.79 Å². The smallest absolute Gasteiger partial charge is 0.163 e. The quantitative estimate of drug-likeness (QED) is 0.758. The summed E-state index contributed by atoms with van der Waals surface area (Å²) in [7, 11) is 1.65. The van der Waals surface area contributed by atoms with Crippen LogP contribution in [0, 0.1) is 20.8 Å². The van der Waals surface area contributed by atoms with Gasteiger partial charge in [-0.2, -0.15) is 0 Å². The number of hydrogen-bond donors (Lipinski definition) is 0. The molecule has 0 atom stereocenters. The molecule has 0 heterocycles. The molecular weight excluding hydrogens is 260 g/mol. The van der Waals surface area contributed by atoms with Crippen molar-refractivity contribution in [2.75, 3.05) is 7.11 Å². The topological polar surface area (TPSA) is 26.3 Å². The van der Waals surface area contributed by atoms with E-state index in [0.29, 0.717) is 6.42 Å². The van der Waals surface area contributed by atoms with Gasteiger partial charge >= 0.3 is 0 Å². The van der Waals surface area contributed by atoms with Crippen LogP contribution in [0.1, 0.15) is 39.0 Å². The van der Waals surface area contributed by atoms with Crippen LogP contribution in [-0.2, 0) is 6.42 Å². The van der Waals surface area contributed by atoms with Gasteiger partial charge in [0.2, 0.25) is 0 Å². The molecule has 0 unspecified atom stereocenters. The molecule has 0 aliphatic rings. The maximum Gasteiger partial charge on any atom is 0.163 e. The third-order valence-electron chi connectivity index (χ3n) is 3.92. The van der Waals surface area contributed by atoms with Crippen molar-refractivity contribution in [3.05, 3.63) is 64.2 Å². The zero-order chi connectivity index (χ0) is 15.4. The summed E-state index contributed by atoms with van der Waals surface area (Å²) in [5.74, 6) is 1.03. The molecule has 0 saturated carbocycles. The van der Waals surface area contributed by atoms with E-state index >= 15 is 0 Å². The summed E-state index contributed by atoms with van der Waals surface area (Å²) in [4.78, 5) is 12.5. The second-order valence-electron chi connectivity index (χ2n) is 5.49. The van der Waals surface area contributed by atoms with Crippen LogP contribution in [0.2, 0.25) is 0 Å². The third kappa shape index (κ3) is 3.52. The van der Waals surface area contributed by atoms with Gasteiger partial charge in [0.1, 0.15) is 5.75 Å². The molecule has 0 saturated heterocycles. The molecule has 21 heavy (non-hydrogen) atoms. The zero-order valence-electron chi connectivity index (χ0n) is 13.2. The Morgan fingerprint density at radius 1 is 1.00 bits per heavy atom. The third-order valence-corrected chi connectivity index (χ3v) is 3.92. The molecule has 110 valence electrons. The number of carbonyl (C=O) groups excluding carboxylic acids is 1. The van der Waals surface area contributed by atoms with Crippen molar-refractivity contribution in [1.82, 2.24) is 0 Å². The fraction of sp³-hybridized carbons (Fsp3) is 0.316. The van der Waals surface area contributed by atoms with Crippen molar-refractivity contribution in [3.63, 3.8) is 0 Å². The molecular formula is C19H22O2. The summed E-state index contributed by atoms with van der Waals surface area (Å²) in [5, 5.41) is 0. The van der Waals surface area contributed by atoms with Crippen molar-refractivity contribution in [1.29, 1.82) is 0 Å². The molecule has 2 rings (SSSR count). The van der Waals surface area contributed by atoms with Gasteiger partial charge in [-0.25, -0.2) is 0 Å². The van der Waals surface area contributed by atoms with Gasteiger partial charge in [0, 0.05) is 12.0 Å². The van der Waals surface area contributed by atoms with Crippen molar-refractivity contribution in [3.8, 4) is 5.75 Å². The lowest BCUT2D eigenvalue weighted by Gasteiger charge is -2.11. The summed E-state index contributed by atoms with van der Waals surface area (Å²) < 4.78 is 5.29. The monoisotopic (exact) mass is 282 g/mol. The highest BCUT2D eigenvalue weighted by molar-refractivity contribution is 5.98. The molecule has 0 aliphatic heterocycles. The Morgan fingerprint density at radius 3 is 2.38 bits per heavy atom. The molecule has 0 aromatic heterocycles. The van der Waals surface area contributed by atoms with E-state index in [4.69, 9.17) is 4.74 Å². The minimum atomic E-state index is 0.196. The highest BCUT2D eigenvalue weighted by Crippen LogP contribution is 2.24. The number of benzene rings is 2. The first-order valence-corrected chi connectivity index (χ1v) is 7.26. The average Bonchev–Trinajstić information content (AvgIpc) is 2.48. The first-order valence-electron chi connectivity index (χ1n) is 7.26. The molecule has 0 N–H and O–H groups in total. The van der Waals surface area contributed by atoms with Crippen LogP contribution in [0.5, 0.6) is 5.75 Å². The Labute approximate surface area is 126 Å². The minimum absolute atomic E-state index is 0.196. The van der Waals surface area contributed by atoms with E-state index in [9.17, 15) is 4.79 Å². The Kier molecular flexibility index (Phi) is 4.79. The Balaban J connectivity index is 2.14. The lowest BCUT2D eigenvalue weighted by Crippen LogP contribution is -2.05. The van der Waals surface area contributed by atoms with E-state index in [1.54, 1.807) is 7.11 Å². The van der Waals surface area contributed by atoms with E-state index in [-0.39, 0.29) is 5.78 Å². The van der Waals surface area contributed by atoms with Crippen molar-refractivity contribution >= 4 is 5.78 Å².